The maximum absolute atomic E-state index is 5.63. The molecule has 0 radical (unpaired) electrons. The van der Waals surface area contributed by atoms with Crippen molar-refractivity contribution in [1.29, 1.82) is 0 Å². The van der Waals surface area contributed by atoms with Crippen LogP contribution in [-0.2, 0) is 6.42 Å². The van der Waals surface area contributed by atoms with Crippen LogP contribution in [-0.4, -0.2) is 15.2 Å². The maximum Gasteiger partial charge on any atom is 0.133 e. The quantitative estimate of drug-likeness (QED) is 0.568. The average molecular weight is 150 g/mol. The summed E-state index contributed by atoms with van der Waals surface area (Å²) in [5, 5.41) is 6.99. The molecule has 0 fully saturated rings. The highest BCUT2D eigenvalue weighted by Gasteiger charge is 2.06. The summed E-state index contributed by atoms with van der Waals surface area (Å²) in [6, 6.07) is 0. The zero-order chi connectivity index (χ0) is 7.84. The summed E-state index contributed by atoms with van der Waals surface area (Å²) >= 11 is 0. The lowest BCUT2D eigenvalue weighted by atomic mass is 10.3. The number of hydrogen-bond acceptors (Lipinski definition) is 2. The number of H-pyrrole nitrogens is 2. The first kappa shape index (κ1) is 6.27. The standard InChI is InChI=1S/C7H10N4/c1-2-5-7-6(11-10-5)4(8)3-9-7/h3,9H,2,8H2,1H3,(H,10,11). The van der Waals surface area contributed by atoms with Crippen LogP contribution in [0.2, 0.25) is 0 Å². The summed E-state index contributed by atoms with van der Waals surface area (Å²) in [7, 11) is 0. The highest BCUT2D eigenvalue weighted by molar-refractivity contribution is 5.88. The minimum atomic E-state index is 0.705. The Bertz CT molecular complexity index is 371. The van der Waals surface area contributed by atoms with Crippen molar-refractivity contribution in [2.24, 2.45) is 0 Å². The predicted molar refractivity (Wildman–Crippen MR) is 44.2 cm³/mol. The largest absolute Gasteiger partial charge is 0.396 e. The number of nitrogens with two attached hydrogens (primary N) is 1. The number of aromatic nitrogens is 3. The van der Waals surface area contributed by atoms with Gasteiger partial charge in [0.2, 0.25) is 0 Å². The first-order valence-corrected chi connectivity index (χ1v) is 3.62. The third-order valence-corrected chi connectivity index (χ3v) is 1.84. The van der Waals surface area contributed by atoms with Gasteiger partial charge in [-0.2, -0.15) is 5.10 Å². The molecule has 2 aromatic rings. The minimum absolute atomic E-state index is 0.705. The first-order chi connectivity index (χ1) is 5.33. The lowest BCUT2D eigenvalue weighted by Crippen LogP contribution is -1.81. The summed E-state index contributed by atoms with van der Waals surface area (Å²) in [4.78, 5) is 3.07. The third kappa shape index (κ3) is 0.721. The second kappa shape index (κ2) is 2.02. The van der Waals surface area contributed by atoms with Crippen LogP contribution in [0.1, 0.15) is 12.6 Å². The van der Waals surface area contributed by atoms with Crippen LogP contribution in [0, 0.1) is 0 Å². The fourth-order valence-electron chi connectivity index (χ4n) is 1.22. The van der Waals surface area contributed by atoms with Crippen molar-refractivity contribution in [3.63, 3.8) is 0 Å². The summed E-state index contributed by atoms with van der Waals surface area (Å²) < 4.78 is 0. The van der Waals surface area contributed by atoms with Crippen LogP contribution in [0.4, 0.5) is 5.69 Å². The van der Waals surface area contributed by atoms with Crippen molar-refractivity contribution < 1.29 is 0 Å². The van der Waals surface area contributed by atoms with Gasteiger partial charge in [0.15, 0.2) is 0 Å². The molecule has 2 aromatic heterocycles. The van der Waals surface area contributed by atoms with Gasteiger partial charge in [-0.25, -0.2) is 0 Å². The van der Waals surface area contributed by atoms with E-state index in [1.165, 1.54) is 0 Å². The number of nitrogens with one attached hydrogen (secondary N) is 2. The molecule has 58 valence electrons. The van der Waals surface area contributed by atoms with Gasteiger partial charge in [0.25, 0.3) is 0 Å². The van der Waals surface area contributed by atoms with E-state index >= 15 is 0 Å². The summed E-state index contributed by atoms with van der Waals surface area (Å²) in [6.07, 6.45) is 2.71. The number of anilines is 1. The van der Waals surface area contributed by atoms with Crippen molar-refractivity contribution in [3.05, 3.63) is 11.9 Å². The van der Waals surface area contributed by atoms with Crippen molar-refractivity contribution in [1.82, 2.24) is 15.2 Å². The van der Waals surface area contributed by atoms with Gasteiger partial charge in [0.1, 0.15) is 5.52 Å². The van der Waals surface area contributed by atoms with Crippen molar-refractivity contribution in [3.8, 4) is 0 Å². The zero-order valence-electron chi connectivity index (χ0n) is 6.31. The van der Waals surface area contributed by atoms with Crippen molar-refractivity contribution in [2.45, 2.75) is 13.3 Å². The number of aryl methyl sites for hydroxylation is 1. The van der Waals surface area contributed by atoms with Gasteiger partial charge in [0.05, 0.1) is 16.9 Å². The maximum atomic E-state index is 5.63. The van der Waals surface area contributed by atoms with E-state index in [2.05, 4.69) is 22.1 Å². The Kier molecular flexibility index (Phi) is 1.15. The molecular formula is C7H10N4. The Morgan fingerprint density at radius 1 is 1.64 bits per heavy atom. The smallest absolute Gasteiger partial charge is 0.133 e. The van der Waals surface area contributed by atoms with Gasteiger partial charge in [-0.3, -0.25) is 5.10 Å². The van der Waals surface area contributed by atoms with E-state index in [-0.39, 0.29) is 0 Å². The van der Waals surface area contributed by atoms with Gasteiger partial charge in [-0.15, -0.1) is 0 Å². The Hall–Kier alpha value is -1.45. The molecule has 0 spiro atoms. The number of rotatable bonds is 1. The van der Waals surface area contributed by atoms with Crippen LogP contribution < -0.4 is 5.73 Å². The van der Waals surface area contributed by atoms with E-state index in [0.29, 0.717) is 5.69 Å². The second-order valence-corrected chi connectivity index (χ2v) is 2.52. The molecule has 0 atom stereocenters. The summed E-state index contributed by atoms with van der Waals surface area (Å²) in [6.45, 7) is 2.07. The molecule has 4 nitrogen and oxygen atoms in total. The monoisotopic (exact) mass is 150 g/mol. The topological polar surface area (TPSA) is 70.5 Å². The molecule has 4 N–H and O–H groups in total. The molecule has 2 rings (SSSR count). The highest BCUT2D eigenvalue weighted by Crippen LogP contribution is 2.19. The Labute approximate surface area is 63.8 Å². The number of hydrogen-bond donors (Lipinski definition) is 3. The fraction of sp³-hybridized carbons (Fsp3) is 0.286. The molecule has 0 unspecified atom stereocenters. The lowest BCUT2D eigenvalue weighted by Gasteiger charge is -1.84. The van der Waals surface area contributed by atoms with Crippen molar-refractivity contribution in [2.75, 3.05) is 5.73 Å². The molecule has 4 heteroatoms. The van der Waals surface area contributed by atoms with Crippen LogP contribution in [0.5, 0.6) is 0 Å². The molecule has 0 saturated carbocycles. The lowest BCUT2D eigenvalue weighted by molar-refractivity contribution is 0.983. The van der Waals surface area contributed by atoms with Gasteiger partial charge >= 0.3 is 0 Å². The van der Waals surface area contributed by atoms with Gasteiger partial charge in [0, 0.05) is 6.20 Å². The molecule has 0 aliphatic carbocycles. The summed E-state index contributed by atoms with van der Waals surface area (Å²) in [5.74, 6) is 0. The molecule has 11 heavy (non-hydrogen) atoms. The van der Waals surface area contributed by atoms with E-state index in [4.69, 9.17) is 5.73 Å². The molecule has 0 aliphatic rings. The van der Waals surface area contributed by atoms with Gasteiger partial charge < -0.3 is 10.7 Å². The molecule has 0 amide bonds. The van der Waals surface area contributed by atoms with E-state index in [1.807, 2.05) is 0 Å². The molecule has 0 aromatic carbocycles. The van der Waals surface area contributed by atoms with Gasteiger partial charge in [-0.1, -0.05) is 6.92 Å². The van der Waals surface area contributed by atoms with Crippen LogP contribution >= 0.6 is 0 Å². The molecule has 0 aliphatic heterocycles. The number of fused-ring (bicyclic) bond motifs is 1. The molecule has 0 bridgehead atoms. The summed E-state index contributed by atoms with van der Waals surface area (Å²) in [5.41, 5.74) is 9.32. The number of nitrogen functional groups attached to an aromatic ring is 1. The van der Waals surface area contributed by atoms with Crippen LogP contribution in [0.25, 0.3) is 11.0 Å². The Morgan fingerprint density at radius 3 is 3.18 bits per heavy atom. The fourth-order valence-corrected chi connectivity index (χ4v) is 1.22. The third-order valence-electron chi connectivity index (χ3n) is 1.84. The van der Waals surface area contributed by atoms with E-state index in [0.717, 1.165) is 23.1 Å². The van der Waals surface area contributed by atoms with E-state index < -0.39 is 0 Å². The SMILES string of the molecule is CCc1[nH]nc2c(N)c[nH]c12. The normalized spacial score (nSPS) is 11.0. The van der Waals surface area contributed by atoms with E-state index in [1.54, 1.807) is 6.20 Å². The number of aromatic amines is 2. The second-order valence-electron chi connectivity index (χ2n) is 2.52. The van der Waals surface area contributed by atoms with E-state index in [9.17, 15) is 0 Å². The Balaban J connectivity index is 2.77. The highest BCUT2D eigenvalue weighted by atomic mass is 15.1. The van der Waals surface area contributed by atoms with Crippen LogP contribution in [0.3, 0.4) is 0 Å². The molecular weight excluding hydrogens is 140 g/mol. The zero-order valence-corrected chi connectivity index (χ0v) is 6.31. The molecule has 0 saturated heterocycles. The molecule has 2 heterocycles. The minimum Gasteiger partial charge on any atom is -0.396 e. The first-order valence-electron chi connectivity index (χ1n) is 3.62. The average Bonchev–Trinajstić information content (AvgIpc) is 2.53. The van der Waals surface area contributed by atoms with Gasteiger partial charge in [-0.05, 0) is 6.42 Å². The van der Waals surface area contributed by atoms with Crippen molar-refractivity contribution >= 4 is 16.7 Å². The predicted octanol–water partition coefficient (Wildman–Crippen LogP) is 1.04. The number of nitrogens with zero attached hydrogens (tertiary/aromatic N) is 1. The van der Waals surface area contributed by atoms with Crippen LogP contribution in [0.15, 0.2) is 6.20 Å². The Morgan fingerprint density at radius 2 is 2.45 bits per heavy atom.